The Morgan fingerprint density at radius 1 is 1.25 bits per heavy atom. The van der Waals surface area contributed by atoms with Crippen molar-refractivity contribution in [3.8, 4) is 0 Å². The van der Waals surface area contributed by atoms with E-state index in [0.29, 0.717) is 19.4 Å². The molecule has 0 aromatic rings. The van der Waals surface area contributed by atoms with Gasteiger partial charge in [-0.3, -0.25) is 0 Å². The van der Waals surface area contributed by atoms with Gasteiger partial charge in [0.15, 0.2) is 0 Å². The lowest BCUT2D eigenvalue weighted by Gasteiger charge is -2.24. The van der Waals surface area contributed by atoms with Gasteiger partial charge in [-0.05, 0) is 40.0 Å². The SMILES string of the molecule is CC(C)(C)OC(=O)N[C@@H](CCCCNC(N)=O)C(=O)[O-]. The zero-order valence-electron chi connectivity index (χ0n) is 12.0. The second-order valence-corrected chi connectivity index (χ2v) is 5.30. The molecule has 8 nitrogen and oxygen atoms in total. The van der Waals surface area contributed by atoms with Crippen molar-refractivity contribution >= 4 is 18.1 Å². The van der Waals surface area contributed by atoms with Gasteiger partial charge in [-0.1, -0.05) is 0 Å². The molecule has 0 fully saturated rings. The number of unbranched alkanes of at least 4 members (excludes halogenated alkanes) is 1. The number of rotatable bonds is 7. The Morgan fingerprint density at radius 3 is 2.30 bits per heavy atom. The standard InChI is InChI=1S/C12H23N3O5/c1-12(2,3)20-11(19)15-8(9(16)17)6-4-5-7-14-10(13)18/h8H,4-7H2,1-3H3,(H,15,19)(H,16,17)(H3,13,14,18)/p-1/t8-/m0/s1. The van der Waals surface area contributed by atoms with Crippen LogP contribution in [0.2, 0.25) is 0 Å². The third kappa shape index (κ3) is 9.98. The quantitative estimate of drug-likeness (QED) is 0.541. The van der Waals surface area contributed by atoms with Crippen molar-refractivity contribution in [2.45, 2.75) is 51.7 Å². The Morgan fingerprint density at radius 2 is 1.85 bits per heavy atom. The lowest BCUT2D eigenvalue weighted by molar-refractivity contribution is -0.308. The van der Waals surface area contributed by atoms with Gasteiger partial charge in [0.25, 0.3) is 0 Å². The Hall–Kier alpha value is -1.99. The van der Waals surface area contributed by atoms with Gasteiger partial charge in [-0.2, -0.15) is 0 Å². The van der Waals surface area contributed by atoms with Crippen LogP contribution in [0.25, 0.3) is 0 Å². The summed E-state index contributed by atoms with van der Waals surface area (Å²) in [5, 5.41) is 15.5. The van der Waals surface area contributed by atoms with Gasteiger partial charge < -0.3 is 31.0 Å². The Kier molecular flexibility index (Phi) is 7.42. The second-order valence-electron chi connectivity index (χ2n) is 5.30. The van der Waals surface area contributed by atoms with Crippen LogP contribution in [0.4, 0.5) is 9.59 Å². The molecule has 0 radical (unpaired) electrons. The minimum absolute atomic E-state index is 0.183. The maximum Gasteiger partial charge on any atom is 0.408 e. The number of carboxylic acids is 1. The summed E-state index contributed by atoms with van der Waals surface area (Å²) in [6, 6.07) is -1.76. The first-order chi connectivity index (χ1) is 9.11. The summed E-state index contributed by atoms with van der Waals surface area (Å²) >= 11 is 0. The Balaban J connectivity index is 4.08. The van der Waals surface area contributed by atoms with Crippen LogP contribution in [0.5, 0.6) is 0 Å². The Labute approximate surface area is 118 Å². The summed E-state index contributed by atoms with van der Waals surface area (Å²) < 4.78 is 4.96. The number of aliphatic carboxylic acids is 1. The number of amides is 3. The number of carbonyl (C=O) groups excluding carboxylic acids is 3. The van der Waals surface area contributed by atoms with Gasteiger partial charge in [0.05, 0.1) is 12.0 Å². The summed E-state index contributed by atoms with van der Waals surface area (Å²) in [7, 11) is 0. The molecular weight excluding hydrogens is 266 g/mol. The average molecular weight is 288 g/mol. The molecule has 0 aliphatic carbocycles. The molecule has 0 aliphatic rings. The number of hydrogen-bond acceptors (Lipinski definition) is 5. The number of nitrogens with one attached hydrogen (secondary N) is 2. The van der Waals surface area contributed by atoms with Gasteiger partial charge in [0.1, 0.15) is 5.60 Å². The predicted octanol–water partition coefficient (Wildman–Crippen LogP) is -0.532. The van der Waals surface area contributed by atoms with E-state index in [2.05, 4.69) is 10.6 Å². The van der Waals surface area contributed by atoms with E-state index >= 15 is 0 Å². The molecule has 116 valence electrons. The lowest BCUT2D eigenvalue weighted by atomic mass is 10.1. The fourth-order valence-corrected chi connectivity index (χ4v) is 1.38. The molecule has 0 unspecified atom stereocenters. The van der Waals surface area contributed by atoms with Crippen LogP contribution in [0.15, 0.2) is 0 Å². The molecule has 4 N–H and O–H groups in total. The molecule has 0 aromatic heterocycles. The number of urea groups is 1. The summed E-state index contributed by atoms with van der Waals surface area (Å²) in [6.07, 6.45) is 0.404. The monoisotopic (exact) mass is 288 g/mol. The zero-order valence-corrected chi connectivity index (χ0v) is 12.0. The first-order valence-corrected chi connectivity index (χ1v) is 6.35. The minimum atomic E-state index is -1.38. The van der Waals surface area contributed by atoms with Crippen molar-refractivity contribution in [1.82, 2.24) is 10.6 Å². The van der Waals surface area contributed by atoms with Crippen LogP contribution in [-0.2, 0) is 9.53 Å². The molecule has 1 atom stereocenters. The van der Waals surface area contributed by atoms with Gasteiger partial charge in [-0.15, -0.1) is 0 Å². The summed E-state index contributed by atoms with van der Waals surface area (Å²) in [4.78, 5) is 32.8. The molecule has 3 amide bonds. The molecule has 0 aliphatic heterocycles. The molecule has 8 heteroatoms. The normalized spacial score (nSPS) is 12.3. The highest BCUT2D eigenvalue weighted by atomic mass is 16.6. The van der Waals surface area contributed by atoms with Crippen molar-refractivity contribution < 1.29 is 24.2 Å². The number of primary amides is 1. The smallest absolute Gasteiger partial charge is 0.408 e. The van der Waals surface area contributed by atoms with Crippen molar-refractivity contribution in [2.24, 2.45) is 5.73 Å². The second kappa shape index (κ2) is 8.23. The molecule has 0 aromatic carbocycles. The maximum atomic E-state index is 11.5. The van der Waals surface area contributed by atoms with E-state index in [-0.39, 0.29) is 6.42 Å². The van der Waals surface area contributed by atoms with E-state index < -0.39 is 29.7 Å². The predicted molar refractivity (Wildman–Crippen MR) is 69.6 cm³/mol. The molecule has 0 bridgehead atoms. The van der Waals surface area contributed by atoms with Crippen LogP contribution in [0, 0.1) is 0 Å². The van der Waals surface area contributed by atoms with Crippen molar-refractivity contribution in [2.75, 3.05) is 6.54 Å². The highest BCUT2D eigenvalue weighted by Gasteiger charge is 2.19. The Bertz CT molecular complexity index is 351. The lowest BCUT2D eigenvalue weighted by Crippen LogP contribution is -2.49. The molecule has 0 rings (SSSR count). The van der Waals surface area contributed by atoms with Crippen molar-refractivity contribution in [1.29, 1.82) is 0 Å². The number of alkyl carbamates (subject to hydrolysis) is 1. The molecule has 0 saturated carbocycles. The van der Waals surface area contributed by atoms with E-state index in [0.717, 1.165) is 0 Å². The van der Waals surface area contributed by atoms with Gasteiger partial charge in [0, 0.05) is 6.54 Å². The third-order valence-corrected chi connectivity index (χ3v) is 2.19. The van der Waals surface area contributed by atoms with Gasteiger partial charge in [0.2, 0.25) is 0 Å². The van der Waals surface area contributed by atoms with Crippen LogP contribution < -0.4 is 21.5 Å². The van der Waals surface area contributed by atoms with Crippen LogP contribution in [0.1, 0.15) is 40.0 Å². The number of carboxylic acid groups (broad SMARTS) is 1. The molecule has 0 heterocycles. The highest BCUT2D eigenvalue weighted by Crippen LogP contribution is 2.08. The molecule has 0 spiro atoms. The topological polar surface area (TPSA) is 134 Å². The fraction of sp³-hybridized carbons (Fsp3) is 0.750. The number of hydrogen-bond donors (Lipinski definition) is 3. The summed E-state index contributed by atoms with van der Waals surface area (Å²) in [5.41, 5.74) is 4.18. The van der Waals surface area contributed by atoms with Gasteiger partial charge >= 0.3 is 12.1 Å². The zero-order chi connectivity index (χ0) is 15.8. The highest BCUT2D eigenvalue weighted by molar-refractivity contribution is 5.78. The number of carbonyl (C=O) groups is 3. The average Bonchev–Trinajstić information content (AvgIpc) is 2.23. The largest absolute Gasteiger partial charge is 0.548 e. The third-order valence-electron chi connectivity index (χ3n) is 2.19. The van der Waals surface area contributed by atoms with Crippen LogP contribution >= 0.6 is 0 Å². The maximum absolute atomic E-state index is 11.5. The fourth-order valence-electron chi connectivity index (χ4n) is 1.38. The first kappa shape index (κ1) is 18.0. The van der Waals surface area contributed by atoms with E-state index in [1.54, 1.807) is 20.8 Å². The van der Waals surface area contributed by atoms with E-state index in [1.807, 2.05) is 0 Å². The van der Waals surface area contributed by atoms with E-state index in [9.17, 15) is 19.5 Å². The van der Waals surface area contributed by atoms with Gasteiger partial charge in [-0.25, -0.2) is 9.59 Å². The van der Waals surface area contributed by atoms with E-state index in [1.165, 1.54) is 0 Å². The number of nitrogens with two attached hydrogens (primary N) is 1. The summed E-state index contributed by atoms with van der Waals surface area (Å²) in [5.74, 6) is -1.38. The summed E-state index contributed by atoms with van der Waals surface area (Å²) in [6.45, 7) is 5.38. The van der Waals surface area contributed by atoms with E-state index in [4.69, 9.17) is 10.5 Å². The van der Waals surface area contributed by atoms with Crippen LogP contribution in [-0.4, -0.2) is 36.3 Å². The molecule has 20 heavy (non-hydrogen) atoms. The molecule has 0 saturated heterocycles. The van der Waals surface area contributed by atoms with Crippen molar-refractivity contribution in [3.63, 3.8) is 0 Å². The number of ether oxygens (including phenoxy) is 1. The van der Waals surface area contributed by atoms with Crippen molar-refractivity contribution in [3.05, 3.63) is 0 Å². The minimum Gasteiger partial charge on any atom is -0.548 e. The van der Waals surface area contributed by atoms with Crippen LogP contribution in [0.3, 0.4) is 0 Å². The molecular formula is C12H22N3O5-. The first-order valence-electron chi connectivity index (χ1n) is 6.35.